The highest BCUT2D eigenvalue weighted by Gasteiger charge is 2.24. The predicted octanol–water partition coefficient (Wildman–Crippen LogP) is 2.27. The van der Waals surface area contributed by atoms with Gasteiger partial charge in [0, 0.05) is 31.6 Å². The van der Waals surface area contributed by atoms with Crippen LogP contribution in [0, 0.1) is 12.8 Å². The van der Waals surface area contributed by atoms with Crippen LogP contribution in [0.2, 0.25) is 0 Å². The van der Waals surface area contributed by atoms with Crippen LogP contribution in [-0.2, 0) is 0 Å². The summed E-state index contributed by atoms with van der Waals surface area (Å²) in [7, 11) is 0. The number of nitrogens with zero attached hydrogens (tertiary/aromatic N) is 1. The molecule has 0 aromatic heterocycles. The monoisotopic (exact) mass is 261 g/mol. The molecular formula is C16H23NO2. The Balaban J connectivity index is 1.86. The molecule has 2 unspecified atom stereocenters. The molecule has 0 spiro atoms. The van der Waals surface area contributed by atoms with Gasteiger partial charge in [-0.15, -0.1) is 0 Å². The SMILES string of the molecule is Cc1ccccc1C(=O)CCN1CCC(O)C(C)C1. The van der Waals surface area contributed by atoms with Gasteiger partial charge >= 0.3 is 0 Å². The number of aryl methyl sites for hydroxylation is 1. The molecule has 2 atom stereocenters. The lowest BCUT2D eigenvalue weighted by atomic mass is 9.96. The van der Waals surface area contributed by atoms with Crippen LogP contribution in [0.3, 0.4) is 0 Å². The van der Waals surface area contributed by atoms with Crippen LogP contribution in [0.15, 0.2) is 24.3 Å². The zero-order chi connectivity index (χ0) is 13.8. The van der Waals surface area contributed by atoms with Crippen molar-refractivity contribution in [1.29, 1.82) is 0 Å². The average molecular weight is 261 g/mol. The summed E-state index contributed by atoms with van der Waals surface area (Å²) in [5.41, 5.74) is 1.89. The number of hydrogen-bond acceptors (Lipinski definition) is 3. The van der Waals surface area contributed by atoms with Crippen molar-refractivity contribution < 1.29 is 9.90 Å². The Labute approximate surface area is 115 Å². The Hall–Kier alpha value is -1.19. The quantitative estimate of drug-likeness (QED) is 0.845. The molecule has 1 aliphatic heterocycles. The van der Waals surface area contributed by atoms with Crippen LogP contribution in [0.25, 0.3) is 0 Å². The van der Waals surface area contributed by atoms with Gasteiger partial charge in [-0.05, 0) is 24.8 Å². The second-order valence-corrected chi connectivity index (χ2v) is 5.62. The standard InChI is InChI=1S/C16H23NO2/c1-12-5-3-4-6-14(12)16(19)8-10-17-9-7-15(18)13(2)11-17/h3-6,13,15,18H,7-11H2,1-2H3. The Morgan fingerprint density at radius 3 is 2.84 bits per heavy atom. The minimum absolute atomic E-state index is 0.177. The van der Waals surface area contributed by atoms with Gasteiger partial charge in [-0.25, -0.2) is 0 Å². The van der Waals surface area contributed by atoms with Gasteiger partial charge in [0.2, 0.25) is 0 Å². The van der Waals surface area contributed by atoms with Crippen molar-refractivity contribution in [1.82, 2.24) is 4.90 Å². The van der Waals surface area contributed by atoms with E-state index in [1.165, 1.54) is 0 Å². The molecule has 1 N–H and O–H groups in total. The van der Waals surface area contributed by atoms with Crippen molar-refractivity contribution in [2.24, 2.45) is 5.92 Å². The molecule has 1 fully saturated rings. The molecule has 0 saturated carbocycles. The normalized spacial score (nSPS) is 24.4. The number of piperidine rings is 1. The Bertz CT molecular complexity index is 444. The first-order valence-corrected chi connectivity index (χ1v) is 7.07. The summed E-state index contributed by atoms with van der Waals surface area (Å²) in [5, 5.41) is 9.69. The van der Waals surface area contributed by atoms with E-state index in [0.717, 1.165) is 37.2 Å². The fourth-order valence-electron chi connectivity index (χ4n) is 2.70. The number of aliphatic hydroxyl groups excluding tert-OH is 1. The summed E-state index contributed by atoms with van der Waals surface area (Å²) < 4.78 is 0. The molecular weight excluding hydrogens is 238 g/mol. The molecule has 1 saturated heterocycles. The summed E-state index contributed by atoms with van der Waals surface area (Å²) in [5.74, 6) is 0.527. The minimum atomic E-state index is -0.177. The van der Waals surface area contributed by atoms with Gasteiger partial charge in [-0.3, -0.25) is 4.79 Å². The van der Waals surface area contributed by atoms with E-state index in [0.29, 0.717) is 12.3 Å². The highest BCUT2D eigenvalue weighted by molar-refractivity contribution is 5.97. The van der Waals surface area contributed by atoms with Gasteiger partial charge in [0.05, 0.1) is 6.10 Å². The van der Waals surface area contributed by atoms with E-state index >= 15 is 0 Å². The smallest absolute Gasteiger partial charge is 0.164 e. The van der Waals surface area contributed by atoms with Crippen molar-refractivity contribution in [2.45, 2.75) is 32.8 Å². The topological polar surface area (TPSA) is 40.5 Å². The summed E-state index contributed by atoms with van der Waals surface area (Å²) in [6.07, 6.45) is 1.20. The third kappa shape index (κ3) is 3.64. The third-order valence-corrected chi connectivity index (χ3v) is 4.04. The third-order valence-electron chi connectivity index (χ3n) is 4.04. The Morgan fingerprint density at radius 2 is 2.16 bits per heavy atom. The molecule has 0 aliphatic carbocycles. The van der Waals surface area contributed by atoms with Gasteiger partial charge in [0.15, 0.2) is 5.78 Å². The lowest BCUT2D eigenvalue weighted by Gasteiger charge is -2.34. The molecule has 0 radical (unpaired) electrons. The lowest BCUT2D eigenvalue weighted by molar-refractivity contribution is 0.0346. The molecule has 1 aromatic rings. The Morgan fingerprint density at radius 1 is 1.42 bits per heavy atom. The lowest BCUT2D eigenvalue weighted by Crippen LogP contribution is -2.42. The molecule has 0 bridgehead atoms. The number of carbonyl (C=O) groups is 1. The van der Waals surface area contributed by atoms with Crippen molar-refractivity contribution in [3.05, 3.63) is 35.4 Å². The molecule has 19 heavy (non-hydrogen) atoms. The van der Waals surface area contributed by atoms with E-state index < -0.39 is 0 Å². The van der Waals surface area contributed by atoms with E-state index in [-0.39, 0.29) is 11.9 Å². The number of aliphatic hydroxyl groups is 1. The molecule has 104 valence electrons. The van der Waals surface area contributed by atoms with Crippen LogP contribution in [0.5, 0.6) is 0 Å². The van der Waals surface area contributed by atoms with Crippen molar-refractivity contribution >= 4 is 5.78 Å². The van der Waals surface area contributed by atoms with Crippen LogP contribution >= 0.6 is 0 Å². The van der Waals surface area contributed by atoms with Crippen molar-refractivity contribution in [3.63, 3.8) is 0 Å². The largest absolute Gasteiger partial charge is 0.393 e. The fraction of sp³-hybridized carbons (Fsp3) is 0.562. The average Bonchev–Trinajstić information content (AvgIpc) is 2.40. The number of likely N-dealkylation sites (tertiary alicyclic amines) is 1. The summed E-state index contributed by atoms with van der Waals surface area (Å²) in [6, 6.07) is 7.76. The molecule has 1 heterocycles. The second kappa shape index (κ2) is 6.31. The van der Waals surface area contributed by atoms with E-state index in [1.54, 1.807) is 0 Å². The highest BCUT2D eigenvalue weighted by Crippen LogP contribution is 2.17. The minimum Gasteiger partial charge on any atom is -0.393 e. The number of hydrogen-bond donors (Lipinski definition) is 1. The summed E-state index contributed by atoms with van der Waals surface area (Å²) >= 11 is 0. The van der Waals surface area contributed by atoms with Crippen LogP contribution in [-0.4, -0.2) is 41.5 Å². The first-order valence-electron chi connectivity index (χ1n) is 7.07. The second-order valence-electron chi connectivity index (χ2n) is 5.62. The summed E-state index contributed by atoms with van der Waals surface area (Å²) in [4.78, 5) is 14.5. The zero-order valence-electron chi connectivity index (χ0n) is 11.8. The Kier molecular flexibility index (Phi) is 4.72. The van der Waals surface area contributed by atoms with Crippen LogP contribution < -0.4 is 0 Å². The number of rotatable bonds is 4. The molecule has 1 aromatic carbocycles. The number of Topliss-reactive ketones (excluding diaryl/α,β-unsaturated/α-hetero) is 1. The fourth-order valence-corrected chi connectivity index (χ4v) is 2.70. The molecule has 0 amide bonds. The number of ketones is 1. The maximum absolute atomic E-state index is 12.2. The van der Waals surface area contributed by atoms with Gasteiger partial charge in [-0.1, -0.05) is 31.2 Å². The van der Waals surface area contributed by atoms with E-state index in [4.69, 9.17) is 0 Å². The van der Waals surface area contributed by atoms with Gasteiger partial charge in [-0.2, -0.15) is 0 Å². The molecule has 1 aliphatic rings. The van der Waals surface area contributed by atoms with Gasteiger partial charge in [0.25, 0.3) is 0 Å². The van der Waals surface area contributed by atoms with E-state index in [1.807, 2.05) is 31.2 Å². The first-order chi connectivity index (χ1) is 9.08. The predicted molar refractivity (Wildman–Crippen MR) is 76.4 cm³/mol. The highest BCUT2D eigenvalue weighted by atomic mass is 16.3. The number of benzene rings is 1. The number of carbonyl (C=O) groups excluding carboxylic acids is 1. The van der Waals surface area contributed by atoms with Gasteiger partial charge in [0.1, 0.15) is 0 Å². The first kappa shape index (κ1) is 14.2. The summed E-state index contributed by atoms with van der Waals surface area (Å²) in [6.45, 7) is 6.63. The molecule has 2 rings (SSSR count). The van der Waals surface area contributed by atoms with Crippen molar-refractivity contribution in [2.75, 3.05) is 19.6 Å². The van der Waals surface area contributed by atoms with Crippen LogP contribution in [0.1, 0.15) is 35.7 Å². The van der Waals surface area contributed by atoms with Crippen molar-refractivity contribution in [3.8, 4) is 0 Å². The zero-order valence-corrected chi connectivity index (χ0v) is 11.8. The van der Waals surface area contributed by atoms with E-state index in [2.05, 4.69) is 11.8 Å². The maximum Gasteiger partial charge on any atom is 0.164 e. The van der Waals surface area contributed by atoms with E-state index in [9.17, 15) is 9.90 Å². The molecule has 3 heteroatoms. The maximum atomic E-state index is 12.2. The van der Waals surface area contributed by atoms with Gasteiger partial charge < -0.3 is 10.0 Å². The molecule has 3 nitrogen and oxygen atoms in total. The van der Waals surface area contributed by atoms with Crippen LogP contribution in [0.4, 0.5) is 0 Å².